The Labute approximate surface area is 135 Å². The molecule has 0 fully saturated rings. The van der Waals surface area contributed by atoms with Crippen molar-refractivity contribution in [2.45, 2.75) is 19.8 Å². The van der Waals surface area contributed by atoms with Crippen molar-refractivity contribution in [1.82, 2.24) is 10.6 Å². The summed E-state index contributed by atoms with van der Waals surface area (Å²) in [4.78, 5) is 11.6. The van der Waals surface area contributed by atoms with Crippen molar-refractivity contribution in [2.75, 3.05) is 26.7 Å². The average molecular weight is 366 g/mol. The maximum Gasteiger partial charge on any atom is 0.220 e. The number of halogens is 2. The number of hydrogen-bond donors (Lipinski definition) is 2. The quantitative estimate of drug-likeness (QED) is 0.696. The zero-order valence-corrected chi connectivity index (χ0v) is 14.3. The summed E-state index contributed by atoms with van der Waals surface area (Å²) in [5.41, 5.74) is 1.12. The minimum absolute atomic E-state index is 0. The lowest BCUT2D eigenvalue weighted by atomic mass is 10.1. The lowest BCUT2D eigenvalue weighted by Crippen LogP contribution is -2.31. The summed E-state index contributed by atoms with van der Waals surface area (Å²) in [6.45, 7) is 4.47. The molecule has 1 rings (SSSR count). The van der Waals surface area contributed by atoms with Gasteiger partial charge in [0.1, 0.15) is 5.75 Å². The molecule has 0 bridgehead atoms. The topological polar surface area (TPSA) is 50.4 Å². The number of ether oxygens (including phenoxy) is 1. The molecule has 0 saturated carbocycles. The van der Waals surface area contributed by atoms with Crippen molar-refractivity contribution >= 4 is 34.2 Å². The van der Waals surface area contributed by atoms with Crippen molar-refractivity contribution < 1.29 is 9.53 Å². The van der Waals surface area contributed by atoms with Crippen LogP contribution < -0.4 is 15.4 Å². The zero-order chi connectivity index (χ0) is 14.1. The summed E-state index contributed by atoms with van der Waals surface area (Å²) in [7, 11) is 1.64. The second-order valence-electron chi connectivity index (χ2n) is 4.17. The van der Waals surface area contributed by atoms with E-state index in [4.69, 9.17) is 4.74 Å². The number of methoxy groups -OCH3 is 1. The largest absolute Gasteiger partial charge is 0.496 e. The van der Waals surface area contributed by atoms with Crippen LogP contribution in [0, 0.1) is 0 Å². The van der Waals surface area contributed by atoms with Crippen LogP contribution in [0.1, 0.15) is 18.9 Å². The van der Waals surface area contributed by atoms with Gasteiger partial charge in [-0.3, -0.25) is 4.79 Å². The van der Waals surface area contributed by atoms with Crippen LogP contribution >= 0.6 is 28.3 Å². The fourth-order valence-electron chi connectivity index (χ4n) is 1.68. The predicted molar refractivity (Wildman–Crippen MR) is 87.8 cm³/mol. The summed E-state index contributed by atoms with van der Waals surface area (Å²) in [5, 5.41) is 6.05. The fourth-order valence-corrected chi connectivity index (χ4v) is 2.27. The number of carbonyl (C=O) groups excluding carboxylic acids is 1. The van der Waals surface area contributed by atoms with Crippen molar-refractivity contribution in [1.29, 1.82) is 0 Å². The van der Waals surface area contributed by atoms with E-state index in [9.17, 15) is 4.79 Å². The van der Waals surface area contributed by atoms with Crippen LogP contribution in [0.15, 0.2) is 22.7 Å². The van der Waals surface area contributed by atoms with Gasteiger partial charge in [-0.2, -0.15) is 0 Å². The second-order valence-corrected chi connectivity index (χ2v) is 5.03. The highest BCUT2D eigenvalue weighted by Gasteiger charge is 2.04. The average Bonchev–Trinajstić information content (AvgIpc) is 2.41. The molecular weight excluding hydrogens is 344 g/mol. The minimum atomic E-state index is 0. The van der Waals surface area contributed by atoms with Crippen molar-refractivity contribution in [3.05, 3.63) is 28.2 Å². The Morgan fingerprint density at radius 3 is 2.70 bits per heavy atom. The summed E-state index contributed by atoms with van der Waals surface area (Å²) in [6.07, 6.45) is 1.24. The summed E-state index contributed by atoms with van der Waals surface area (Å²) < 4.78 is 6.09. The van der Waals surface area contributed by atoms with E-state index in [0.29, 0.717) is 13.0 Å². The highest BCUT2D eigenvalue weighted by molar-refractivity contribution is 9.10. The van der Waals surface area contributed by atoms with E-state index >= 15 is 0 Å². The van der Waals surface area contributed by atoms with Gasteiger partial charge in [0.2, 0.25) is 5.91 Å². The Bertz CT molecular complexity index is 416. The van der Waals surface area contributed by atoms with Gasteiger partial charge in [0.15, 0.2) is 0 Å². The molecule has 0 saturated heterocycles. The third-order valence-electron chi connectivity index (χ3n) is 2.73. The molecule has 0 atom stereocenters. The molecule has 0 heterocycles. The minimum Gasteiger partial charge on any atom is -0.496 e. The lowest BCUT2D eigenvalue weighted by molar-refractivity contribution is -0.121. The normalized spacial score (nSPS) is 9.75. The lowest BCUT2D eigenvalue weighted by Gasteiger charge is -2.07. The molecule has 0 aliphatic heterocycles. The highest BCUT2D eigenvalue weighted by atomic mass is 79.9. The Hall–Kier alpha value is -0.780. The third-order valence-corrected chi connectivity index (χ3v) is 3.35. The molecule has 2 N–H and O–H groups in total. The number of carbonyl (C=O) groups is 1. The van der Waals surface area contributed by atoms with Crippen LogP contribution in [0.2, 0.25) is 0 Å². The van der Waals surface area contributed by atoms with Crippen LogP contribution in [0.4, 0.5) is 0 Å². The molecule has 4 nitrogen and oxygen atoms in total. The second kappa shape index (κ2) is 10.9. The van der Waals surface area contributed by atoms with E-state index in [2.05, 4.69) is 26.6 Å². The predicted octanol–water partition coefficient (Wildman–Crippen LogP) is 2.54. The number of amides is 1. The first-order chi connectivity index (χ1) is 9.17. The molecule has 1 aromatic carbocycles. The summed E-state index contributed by atoms with van der Waals surface area (Å²) >= 11 is 3.44. The van der Waals surface area contributed by atoms with E-state index in [1.165, 1.54) is 0 Å². The SMILES string of the molecule is CCNCCNC(=O)CCc1ccc(OC)c(Br)c1.Cl. The van der Waals surface area contributed by atoms with Crippen molar-refractivity contribution in [3.63, 3.8) is 0 Å². The van der Waals surface area contributed by atoms with E-state index in [1.54, 1.807) is 7.11 Å². The Morgan fingerprint density at radius 1 is 1.35 bits per heavy atom. The number of likely N-dealkylation sites (N-methyl/N-ethyl adjacent to an activating group) is 1. The number of rotatable bonds is 8. The van der Waals surface area contributed by atoms with Gasteiger partial charge >= 0.3 is 0 Å². The monoisotopic (exact) mass is 364 g/mol. The number of nitrogens with one attached hydrogen (secondary N) is 2. The van der Waals surface area contributed by atoms with Crippen LogP contribution in [0.5, 0.6) is 5.75 Å². The van der Waals surface area contributed by atoms with Gasteiger partial charge in [-0.25, -0.2) is 0 Å². The molecule has 20 heavy (non-hydrogen) atoms. The standard InChI is InChI=1S/C14H21BrN2O2.ClH/c1-3-16-8-9-17-14(18)7-5-11-4-6-13(19-2)12(15)10-11;/h4,6,10,16H,3,5,7-9H2,1-2H3,(H,17,18);1H. The first kappa shape index (κ1) is 19.2. The molecular formula is C14H22BrClN2O2. The first-order valence-corrected chi connectivity index (χ1v) is 7.26. The fraction of sp³-hybridized carbons (Fsp3) is 0.500. The Balaban J connectivity index is 0.00000361. The van der Waals surface area contributed by atoms with Gasteiger partial charge in [-0.15, -0.1) is 12.4 Å². The molecule has 1 aromatic rings. The molecule has 0 spiro atoms. The molecule has 1 amide bonds. The van der Waals surface area contributed by atoms with E-state index < -0.39 is 0 Å². The summed E-state index contributed by atoms with van der Waals surface area (Å²) in [5.74, 6) is 0.892. The molecule has 0 aliphatic carbocycles. The zero-order valence-electron chi connectivity index (χ0n) is 11.9. The smallest absolute Gasteiger partial charge is 0.220 e. The van der Waals surface area contributed by atoms with Gasteiger partial charge in [0.05, 0.1) is 11.6 Å². The molecule has 0 aliphatic rings. The Kier molecular flexibility index (Phi) is 10.5. The maximum atomic E-state index is 11.6. The highest BCUT2D eigenvalue weighted by Crippen LogP contribution is 2.25. The van der Waals surface area contributed by atoms with Crippen LogP contribution in [0.3, 0.4) is 0 Å². The number of aryl methyl sites for hydroxylation is 1. The van der Waals surface area contributed by atoms with Gasteiger partial charge in [0.25, 0.3) is 0 Å². The number of benzene rings is 1. The van der Waals surface area contributed by atoms with Gasteiger partial charge in [-0.05, 0) is 46.6 Å². The van der Waals surface area contributed by atoms with Crippen molar-refractivity contribution in [3.8, 4) is 5.75 Å². The molecule has 0 radical (unpaired) electrons. The number of hydrogen-bond acceptors (Lipinski definition) is 3. The van der Waals surface area contributed by atoms with Gasteiger partial charge in [0, 0.05) is 19.5 Å². The molecule has 0 unspecified atom stereocenters. The maximum absolute atomic E-state index is 11.6. The van der Waals surface area contributed by atoms with Crippen LogP contribution in [0.25, 0.3) is 0 Å². The van der Waals surface area contributed by atoms with E-state index in [1.807, 2.05) is 25.1 Å². The van der Waals surface area contributed by atoms with Crippen LogP contribution in [-0.4, -0.2) is 32.7 Å². The Morgan fingerprint density at radius 2 is 2.10 bits per heavy atom. The van der Waals surface area contributed by atoms with E-state index in [0.717, 1.165) is 35.3 Å². The van der Waals surface area contributed by atoms with E-state index in [-0.39, 0.29) is 18.3 Å². The van der Waals surface area contributed by atoms with Crippen molar-refractivity contribution in [2.24, 2.45) is 0 Å². The molecule has 6 heteroatoms. The summed E-state index contributed by atoms with van der Waals surface area (Å²) in [6, 6.07) is 5.88. The molecule has 0 aromatic heterocycles. The third kappa shape index (κ3) is 7.12. The van der Waals surface area contributed by atoms with Gasteiger partial charge in [-0.1, -0.05) is 13.0 Å². The van der Waals surface area contributed by atoms with Crippen LogP contribution in [-0.2, 0) is 11.2 Å². The van der Waals surface area contributed by atoms with Gasteiger partial charge < -0.3 is 15.4 Å². The molecule has 114 valence electrons. The first-order valence-electron chi connectivity index (χ1n) is 6.47.